The molecule has 2 N–H and O–H groups in total. The summed E-state index contributed by atoms with van der Waals surface area (Å²) in [5, 5.41) is 2.90. The van der Waals surface area contributed by atoms with E-state index in [1.165, 1.54) is 4.57 Å². The molecule has 0 radical (unpaired) electrons. The molecule has 1 aliphatic heterocycles. The highest BCUT2D eigenvalue weighted by Gasteiger charge is 2.24. The number of pyridine rings is 1. The number of carbonyl (C=O) groups is 2. The molecule has 4 aromatic rings. The highest BCUT2D eigenvalue weighted by atomic mass is 16.2. The molecule has 5 rings (SSSR count). The Hall–Kier alpha value is -4.85. The largest absolute Gasteiger partial charge is 0.362 e. The van der Waals surface area contributed by atoms with Crippen molar-refractivity contribution in [2.24, 2.45) is 0 Å². The second-order valence-corrected chi connectivity index (χ2v) is 8.33. The summed E-state index contributed by atoms with van der Waals surface area (Å²) >= 11 is 0. The molecule has 0 saturated carbocycles. The number of aromatic amines is 1. The minimum atomic E-state index is -0.350. The quantitative estimate of drug-likeness (QED) is 0.292. The number of H-pyrrole nitrogens is 1. The Morgan fingerprint density at radius 3 is 2.69 bits per heavy atom. The Labute approximate surface area is 207 Å². The lowest BCUT2D eigenvalue weighted by molar-refractivity contribution is -0.110. The van der Waals surface area contributed by atoms with E-state index >= 15 is 0 Å². The number of ketones is 1. The number of aromatic nitrogens is 4. The lowest BCUT2D eigenvalue weighted by Crippen LogP contribution is -2.26. The first-order valence-corrected chi connectivity index (χ1v) is 11.5. The van der Waals surface area contributed by atoms with Gasteiger partial charge in [-0.05, 0) is 54.5 Å². The van der Waals surface area contributed by atoms with Gasteiger partial charge in [0.2, 0.25) is 0 Å². The molecule has 0 spiro atoms. The molecule has 1 aromatic carbocycles. The summed E-state index contributed by atoms with van der Waals surface area (Å²) in [7, 11) is 0. The topological polar surface area (TPSA) is 110 Å². The Balaban J connectivity index is 1.22. The maximum Gasteiger partial charge on any atom is 0.261 e. The number of anilines is 1. The third kappa shape index (κ3) is 4.97. The molecule has 1 aliphatic rings. The van der Waals surface area contributed by atoms with E-state index in [1.807, 2.05) is 54.8 Å². The van der Waals surface area contributed by atoms with E-state index in [4.69, 9.17) is 0 Å². The number of fused-ring (bicyclic) bond motifs is 1. The summed E-state index contributed by atoms with van der Waals surface area (Å²) in [6.07, 6.45) is 13.0. The van der Waals surface area contributed by atoms with E-state index in [9.17, 15) is 14.4 Å². The number of benzene rings is 1. The number of hydrogen-bond acceptors (Lipinski definition) is 5. The van der Waals surface area contributed by atoms with E-state index < -0.39 is 0 Å². The maximum absolute atomic E-state index is 12.8. The average Bonchev–Trinajstić information content (AvgIpc) is 3.51. The van der Waals surface area contributed by atoms with Gasteiger partial charge in [-0.2, -0.15) is 0 Å². The van der Waals surface area contributed by atoms with Crippen molar-refractivity contribution in [3.63, 3.8) is 0 Å². The van der Waals surface area contributed by atoms with Gasteiger partial charge in [-0.1, -0.05) is 24.3 Å². The first-order valence-electron chi connectivity index (χ1n) is 11.5. The molecule has 0 unspecified atom stereocenters. The number of hydrogen-bond donors (Lipinski definition) is 2. The molecule has 8 nitrogen and oxygen atoms in total. The van der Waals surface area contributed by atoms with Gasteiger partial charge >= 0.3 is 0 Å². The highest BCUT2D eigenvalue weighted by molar-refractivity contribution is 6.34. The van der Waals surface area contributed by atoms with Crippen molar-refractivity contribution in [2.45, 2.75) is 19.4 Å². The zero-order valence-electron chi connectivity index (χ0n) is 19.3. The minimum Gasteiger partial charge on any atom is -0.362 e. The average molecular weight is 478 g/mol. The zero-order chi connectivity index (χ0) is 24.9. The van der Waals surface area contributed by atoms with Crippen LogP contribution in [0.2, 0.25) is 0 Å². The number of nitrogens with zero attached hydrogens (tertiary/aromatic N) is 3. The van der Waals surface area contributed by atoms with Crippen molar-refractivity contribution < 1.29 is 9.59 Å². The van der Waals surface area contributed by atoms with Crippen LogP contribution in [0.5, 0.6) is 0 Å². The van der Waals surface area contributed by atoms with E-state index in [0.29, 0.717) is 17.8 Å². The minimum absolute atomic E-state index is 0.140. The third-order valence-corrected chi connectivity index (χ3v) is 5.85. The summed E-state index contributed by atoms with van der Waals surface area (Å²) < 4.78 is 1.44. The van der Waals surface area contributed by atoms with Crippen molar-refractivity contribution >= 4 is 35.1 Å². The van der Waals surface area contributed by atoms with Gasteiger partial charge in [0.25, 0.3) is 11.5 Å². The van der Waals surface area contributed by atoms with E-state index in [-0.39, 0.29) is 35.8 Å². The van der Waals surface area contributed by atoms with Gasteiger partial charge in [0, 0.05) is 48.2 Å². The Morgan fingerprint density at radius 2 is 1.89 bits per heavy atom. The highest BCUT2D eigenvalue weighted by Crippen LogP contribution is 2.34. The van der Waals surface area contributed by atoms with Gasteiger partial charge in [0.05, 0.1) is 17.7 Å². The van der Waals surface area contributed by atoms with Gasteiger partial charge in [-0.25, -0.2) is 9.97 Å². The van der Waals surface area contributed by atoms with Crippen LogP contribution in [0.25, 0.3) is 17.7 Å². The molecule has 0 saturated heterocycles. The summed E-state index contributed by atoms with van der Waals surface area (Å²) in [5.41, 5.74) is 3.79. The second-order valence-electron chi connectivity index (χ2n) is 8.33. The standard InChI is InChI=1S/C28H23N5O3/c34-25(22-8-4-15-33(28(22)36)18-26-30-13-5-14-31-26)9-2-1-6-19-10-11-21-23(17-20-7-3-12-29-20)27(35)32-24(21)16-19/h1,3-8,10-17,29H,2,9,18H2,(H,32,35)/b6-1+,23-17-. The number of nitrogens with one attached hydrogen (secondary N) is 2. The monoisotopic (exact) mass is 477 g/mol. The summed E-state index contributed by atoms with van der Waals surface area (Å²) in [6, 6.07) is 14.5. The molecule has 4 heterocycles. The van der Waals surface area contributed by atoms with Crippen molar-refractivity contribution in [3.8, 4) is 0 Å². The predicted molar refractivity (Wildman–Crippen MR) is 138 cm³/mol. The zero-order valence-corrected chi connectivity index (χ0v) is 19.3. The summed E-state index contributed by atoms with van der Waals surface area (Å²) in [6.45, 7) is 0.206. The van der Waals surface area contributed by atoms with E-state index in [0.717, 1.165) is 22.5 Å². The van der Waals surface area contributed by atoms with Gasteiger partial charge in [-0.3, -0.25) is 14.4 Å². The van der Waals surface area contributed by atoms with Gasteiger partial charge in [0.1, 0.15) is 5.82 Å². The molecule has 1 amide bonds. The van der Waals surface area contributed by atoms with Crippen LogP contribution in [-0.4, -0.2) is 31.2 Å². The van der Waals surface area contributed by atoms with Crippen LogP contribution in [0, 0.1) is 0 Å². The number of allylic oxidation sites excluding steroid dienone is 1. The maximum atomic E-state index is 12.8. The molecule has 178 valence electrons. The predicted octanol–water partition coefficient (Wildman–Crippen LogP) is 4.18. The van der Waals surface area contributed by atoms with Crippen LogP contribution >= 0.6 is 0 Å². The lowest BCUT2D eigenvalue weighted by Gasteiger charge is -2.06. The molecule has 36 heavy (non-hydrogen) atoms. The van der Waals surface area contributed by atoms with E-state index in [1.54, 1.807) is 36.8 Å². The first kappa shape index (κ1) is 22.9. The van der Waals surface area contributed by atoms with Crippen LogP contribution in [-0.2, 0) is 11.3 Å². The molecule has 0 aliphatic carbocycles. The SMILES string of the molecule is O=C1Nc2cc(/C=C/CCC(=O)c3cccn(Cc4ncccn4)c3=O)ccc2/C1=C/c1ccc[nH]1. The molecule has 0 bridgehead atoms. The van der Waals surface area contributed by atoms with Crippen LogP contribution in [0.3, 0.4) is 0 Å². The Bertz CT molecular complexity index is 1530. The molecule has 0 fully saturated rings. The van der Waals surface area contributed by atoms with Crippen LogP contribution in [0.1, 0.15) is 45.8 Å². The van der Waals surface area contributed by atoms with Crippen LogP contribution in [0.4, 0.5) is 5.69 Å². The number of Topliss-reactive ketones (excluding diaryl/α,β-unsaturated/α-hetero) is 1. The molecule has 0 atom stereocenters. The Kier molecular flexibility index (Phi) is 6.48. The smallest absolute Gasteiger partial charge is 0.261 e. The van der Waals surface area contributed by atoms with E-state index in [2.05, 4.69) is 20.3 Å². The van der Waals surface area contributed by atoms with Crippen molar-refractivity contribution in [1.29, 1.82) is 0 Å². The second kappa shape index (κ2) is 10.2. The van der Waals surface area contributed by atoms with Crippen molar-refractivity contribution in [1.82, 2.24) is 19.5 Å². The van der Waals surface area contributed by atoms with Crippen molar-refractivity contribution in [2.75, 3.05) is 5.32 Å². The van der Waals surface area contributed by atoms with Crippen molar-refractivity contribution in [3.05, 3.63) is 118 Å². The normalized spacial score (nSPS) is 13.8. The number of rotatable bonds is 8. The van der Waals surface area contributed by atoms with Gasteiger partial charge < -0.3 is 14.9 Å². The molecular formula is C28H23N5O3. The van der Waals surface area contributed by atoms with Crippen LogP contribution < -0.4 is 10.9 Å². The first-order chi connectivity index (χ1) is 17.6. The summed E-state index contributed by atoms with van der Waals surface area (Å²) in [4.78, 5) is 49.2. The fourth-order valence-corrected chi connectivity index (χ4v) is 4.05. The Morgan fingerprint density at radius 1 is 1.03 bits per heavy atom. The fourth-order valence-electron chi connectivity index (χ4n) is 4.05. The molecule has 8 heteroatoms. The lowest BCUT2D eigenvalue weighted by atomic mass is 10.0. The summed E-state index contributed by atoms with van der Waals surface area (Å²) in [5.74, 6) is 0.150. The van der Waals surface area contributed by atoms with Gasteiger partial charge in [-0.15, -0.1) is 0 Å². The fraction of sp³-hybridized carbons (Fsp3) is 0.107. The number of amides is 1. The molecular weight excluding hydrogens is 454 g/mol. The molecule has 3 aromatic heterocycles. The number of carbonyl (C=O) groups excluding carboxylic acids is 2. The third-order valence-electron chi connectivity index (χ3n) is 5.85. The van der Waals surface area contributed by atoms with Gasteiger partial charge in [0.15, 0.2) is 5.78 Å². The van der Waals surface area contributed by atoms with Crippen LogP contribution in [0.15, 0.2) is 84.2 Å².